The van der Waals surface area contributed by atoms with Crippen LogP contribution < -0.4 is 4.74 Å². The molecule has 5 heteroatoms. The van der Waals surface area contributed by atoms with E-state index < -0.39 is 6.10 Å². The van der Waals surface area contributed by atoms with Gasteiger partial charge in [-0.05, 0) is 35.9 Å². The minimum Gasteiger partial charge on any atom is -0.506 e. The van der Waals surface area contributed by atoms with Gasteiger partial charge in [0.05, 0.1) is 11.1 Å². The number of phenolic OH excluding ortho intramolecular Hbond substituents is 1. The van der Waals surface area contributed by atoms with Gasteiger partial charge in [0.25, 0.3) is 0 Å². The van der Waals surface area contributed by atoms with Crippen LogP contribution in [0.15, 0.2) is 40.9 Å². The van der Waals surface area contributed by atoms with Crippen LogP contribution in [0.5, 0.6) is 11.5 Å². The fourth-order valence-electron chi connectivity index (χ4n) is 2.35. The summed E-state index contributed by atoms with van der Waals surface area (Å²) in [6.07, 6.45) is -0.421. The molecular weight excluding hydrogens is 344 g/mol. The topological polar surface area (TPSA) is 49.7 Å². The Morgan fingerprint density at radius 2 is 2.00 bits per heavy atom. The van der Waals surface area contributed by atoms with Crippen LogP contribution in [0.3, 0.4) is 0 Å². The van der Waals surface area contributed by atoms with Crippen molar-refractivity contribution in [1.82, 2.24) is 0 Å². The Morgan fingerprint density at radius 3 is 2.75 bits per heavy atom. The molecule has 0 fully saturated rings. The summed E-state index contributed by atoms with van der Waals surface area (Å²) in [6, 6.07) is 10.5. The van der Waals surface area contributed by atoms with Crippen LogP contribution >= 0.6 is 27.5 Å². The molecule has 104 valence electrons. The van der Waals surface area contributed by atoms with Crippen molar-refractivity contribution in [2.45, 2.75) is 18.6 Å². The summed E-state index contributed by atoms with van der Waals surface area (Å²) in [6.45, 7) is 0. The lowest BCUT2D eigenvalue weighted by atomic mass is 9.95. The van der Waals surface area contributed by atoms with Crippen molar-refractivity contribution in [2.24, 2.45) is 0 Å². The summed E-state index contributed by atoms with van der Waals surface area (Å²) in [5.41, 5.74) is 1.61. The number of ether oxygens (including phenoxy) is 1. The number of hydrogen-bond acceptors (Lipinski definition) is 3. The third-order valence-corrected chi connectivity index (χ3v) is 4.18. The maximum absolute atomic E-state index is 10.3. The fraction of sp³-hybridized carbons (Fsp3) is 0.200. The highest BCUT2D eigenvalue weighted by molar-refractivity contribution is 9.10. The highest BCUT2D eigenvalue weighted by Gasteiger charge is 2.28. The molecule has 2 atom stereocenters. The van der Waals surface area contributed by atoms with Crippen molar-refractivity contribution in [3.05, 3.63) is 57.0 Å². The fourth-order valence-corrected chi connectivity index (χ4v) is 2.91. The Morgan fingerprint density at radius 1 is 1.20 bits per heavy atom. The monoisotopic (exact) mass is 354 g/mol. The van der Waals surface area contributed by atoms with Crippen molar-refractivity contribution in [1.29, 1.82) is 0 Å². The lowest BCUT2D eigenvalue weighted by Crippen LogP contribution is -2.19. The molecule has 2 aromatic rings. The number of rotatable bonds is 1. The minimum absolute atomic E-state index is 0.0381. The number of hydrogen-bond donors (Lipinski definition) is 2. The third-order valence-electron chi connectivity index (χ3n) is 3.38. The number of aliphatic hydroxyl groups is 1. The first kappa shape index (κ1) is 13.7. The molecule has 0 spiro atoms. The first-order chi connectivity index (χ1) is 9.54. The second-order valence-corrected chi connectivity index (χ2v) is 6.07. The van der Waals surface area contributed by atoms with E-state index in [-0.39, 0.29) is 16.9 Å². The van der Waals surface area contributed by atoms with Crippen molar-refractivity contribution in [3.8, 4) is 11.5 Å². The number of aromatic hydroxyl groups is 1. The lowest BCUT2D eigenvalue weighted by molar-refractivity contribution is 0.0657. The lowest BCUT2D eigenvalue weighted by Gasteiger charge is -2.30. The van der Waals surface area contributed by atoms with Gasteiger partial charge in [-0.25, -0.2) is 0 Å². The molecule has 1 aliphatic rings. The van der Waals surface area contributed by atoms with E-state index in [1.807, 2.05) is 18.2 Å². The zero-order valence-electron chi connectivity index (χ0n) is 10.4. The number of fused-ring (bicyclic) bond motifs is 1. The molecule has 2 unspecified atom stereocenters. The largest absolute Gasteiger partial charge is 0.506 e. The highest BCUT2D eigenvalue weighted by atomic mass is 79.9. The SMILES string of the molecule is Oc1ccc(C2CC(O)c3cc(Br)ccc3O2)cc1Cl. The number of aliphatic hydroxyl groups excluding tert-OH is 1. The second kappa shape index (κ2) is 5.28. The van der Waals surface area contributed by atoms with E-state index in [2.05, 4.69) is 15.9 Å². The third kappa shape index (κ3) is 2.51. The van der Waals surface area contributed by atoms with E-state index in [4.69, 9.17) is 16.3 Å². The van der Waals surface area contributed by atoms with Gasteiger partial charge < -0.3 is 14.9 Å². The maximum Gasteiger partial charge on any atom is 0.134 e. The standard InChI is InChI=1S/C15H12BrClO3/c16-9-2-4-14-10(6-9)13(19)7-15(20-14)8-1-3-12(18)11(17)5-8/h1-6,13,15,18-19H,7H2. The van der Waals surface area contributed by atoms with E-state index in [9.17, 15) is 10.2 Å². The maximum atomic E-state index is 10.3. The quantitative estimate of drug-likeness (QED) is 0.799. The number of phenols is 1. The average molecular weight is 356 g/mol. The van der Waals surface area contributed by atoms with E-state index in [1.165, 1.54) is 6.07 Å². The summed E-state index contributed by atoms with van der Waals surface area (Å²) in [5.74, 6) is 0.706. The van der Waals surface area contributed by atoms with E-state index in [0.29, 0.717) is 12.2 Å². The Bertz CT molecular complexity index is 660. The molecule has 0 amide bonds. The van der Waals surface area contributed by atoms with Gasteiger partial charge in [-0.3, -0.25) is 0 Å². The smallest absolute Gasteiger partial charge is 0.134 e. The Labute approximate surface area is 129 Å². The molecule has 20 heavy (non-hydrogen) atoms. The zero-order chi connectivity index (χ0) is 14.3. The molecule has 0 saturated heterocycles. The van der Waals surface area contributed by atoms with Gasteiger partial charge >= 0.3 is 0 Å². The molecule has 1 aliphatic heterocycles. The molecule has 0 bridgehead atoms. The van der Waals surface area contributed by atoms with Crippen LogP contribution in [0.4, 0.5) is 0 Å². The number of benzene rings is 2. The Balaban J connectivity index is 1.94. The summed E-state index contributed by atoms with van der Waals surface area (Å²) in [4.78, 5) is 0. The second-order valence-electron chi connectivity index (χ2n) is 4.75. The Hall–Kier alpha value is -1.23. The van der Waals surface area contributed by atoms with Crippen molar-refractivity contribution in [2.75, 3.05) is 0 Å². The predicted octanol–water partition coefficient (Wildman–Crippen LogP) is 4.37. The van der Waals surface area contributed by atoms with Crippen molar-refractivity contribution in [3.63, 3.8) is 0 Å². The van der Waals surface area contributed by atoms with Crippen LogP contribution in [0, 0.1) is 0 Å². The van der Waals surface area contributed by atoms with E-state index in [1.54, 1.807) is 12.1 Å². The van der Waals surface area contributed by atoms with Gasteiger partial charge in [-0.2, -0.15) is 0 Å². The molecule has 3 rings (SSSR count). The summed E-state index contributed by atoms with van der Waals surface area (Å²) in [5, 5.41) is 20.0. The molecule has 0 radical (unpaired) electrons. The zero-order valence-corrected chi connectivity index (χ0v) is 12.7. The molecule has 0 aromatic heterocycles. The normalized spacial score (nSPS) is 21.1. The van der Waals surface area contributed by atoms with E-state index >= 15 is 0 Å². The van der Waals surface area contributed by atoms with Gasteiger partial charge in [0.15, 0.2) is 0 Å². The van der Waals surface area contributed by atoms with Crippen LogP contribution in [0.1, 0.15) is 29.8 Å². The molecule has 0 aliphatic carbocycles. The molecule has 3 nitrogen and oxygen atoms in total. The summed E-state index contributed by atoms with van der Waals surface area (Å²) >= 11 is 9.30. The van der Waals surface area contributed by atoms with Gasteiger partial charge in [0.2, 0.25) is 0 Å². The molecular formula is C15H12BrClO3. The molecule has 0 saturated carbocycles. The Kier molecular flexibility index (Phi) is 3.63. The predicted molar refractivity (Wildman–Crippen MR) is 80.2 cm³/mol. The van der Waals surface area contributed by atoms with Gasteiger partial charge in [-0.15, -0.1) is 0 Å². The van der Waals surface area contributed by atoms with Gasteiger partial charge in [0, 0.05) is 16.5 Å². The average Bonchev–Trinajstić information content (AvgIpc) is 2.42. The molecule has 2 N–H and O–H groups in total. The molecule has 1 heterocycles. The minimum atomic E-state index is -0.589. The first-order valence-corrected chi connectivity index (χ1v) is 7.34. The van der Waals surface area contributed by atoms with Crippen LogP contribution in [0.2, 0.25) is 5.02 Å². The van der Waals surface area contributed by atoms with Crippen LogP contribution in [-0.4, -0.2) is 10.2 Å². The molecule has 2 aromatic carbocycles. The van der Waals surface area contributed by atoms with Crippen molar-refractivity contribution < 1.29 is 14.9 Å². The van der Waals surface area contributed by atoms with Gasteiger partial charge in [-0.1, -0.05) is 33.6 Å². The number of halogens is 2. The van der Waals surface area contributed by atoms with E-state index in [0.717, 1.165) is 15.6 Å². The highest BCUT2D eigenvalue weighted by Crippen LogP contribution is 2.42. The first-order valence-electron chi connectivity index (χ1n) is 6.17. The van der Waals surface area contributed by atoms with Crippen LogP contribution in [0.25, 0.3) is 0 Å². The van der Waals surface area contributed by atoms with Gasteiger partial charge in [0.1, 0.15) is 17.6 Å². The van der Waals surface area contributed by atoms with Crippen molar-refractivity contribution >= 4 is 27.5 Å². The van der Waals surface area contributed by atoms with Crippen LogP contribution in [-0.2, 0) is 0 Å². The summed E-state index contributed by atoms with van der Waals surface area (Å²) in [7, 11) is 0. The summed E-state index contributed by atoms with van der Waals surface area (Å²) < 4.78 is 6.82.